The summed E-state index contributed by atoms with van der Waals surface area (Å²) < 4.78 is 0. The van der Waals surface area contributed by atoms with Gasteiger partial charge < -0.3 is 15.3 Å². The van der Waals surface area contributed by atoms with Crippen LogP contribution in [0.4, 0.5) is 0 Å². The summed E-state index contributed by atoms with van der Waals surface area (Å²) in [6.07, 6.45) is -0.786. The maximum atomic E-state index is 10.4. The normalized spacial score (nSPS) is 12.9. The number of carbonyl (C=O) groups is 3. The molecule has 0 rings (SSSR count). The molecule has 80 valence electrons. The molecule has 0 bridgehead atoms. The van der Waals surface area contributed by atoms with Crippen LogP contribution in [0, 0.1) is 0 Å². The molecule has 0 fully saturated rings. The molecule has 0 saturated carbocycles. The molecule has 8 heteroatoms. The van der Waals surface area contributed by atoms with E-state index in [1.807, 2.05) is 0 Å². The highest BCUT2D eigenvalue weighted by atomic mass is 31.1. The first kappa shape index (κ1) is 12.8. The predicted molar refractivity (Wildman–Crippen MR) is 47.6 cm³/mol. The summed E-state index contributed by atoms with van der Waals surface area (Å²) in [6, 6.07) is -1.23. The lowest BCUT2D eigenvalue weighted by Crippen LogP contribution is -2.34. The number of nitrogens with one attached hydrogen (secondary N) is 1. The molecule has 2 atom stereocenters. The molecule has 4 N–H and O–H groups in total. The Bertz CT molecular complexity index is 242. The van der Waals surface area contributed by atoms with E-state index in [1.165, 1.54) is 0 Å². The standard InChI is InChI=1S/C6H10NO6P/c8-4(9)1-3(6(12)13)7-14-2-5(10)11/h3,7,14H,1-2H2,(H,8,9)(H,10,11)(H,12,13). The zero-order chi connectivity index (χ0) is 11.1. The minimum Gasteiger partial charge on any atom is -0.481 e. The first-order chi connectivity index (χ1) is 6.43. The average Bonchev–Trinajstić information content (AvgIpc) is 2.00. The van der Waals surface area contributed by atoms with Gasteiger partial charge in [0.15, 0.2) is 0 Å². The van der Waals surface area contributed by atoms with Crippen LogP contribution in [0.25, 0.3) is 0 Å². The van der Waals surface area contributed by atoms with E-state index in [0.29, 0.717) is 0 Å². The van der Waals surface area contributed by atoms with Crippen LogP contribution in [-0.4, -0.2) is 45.4 Å². The summed E-state index contributed by atoms with van der Waals surface area (Å²) in [6.45, 7) is 0. The molecule has 0 aromatic rings. The van der Waals surface area contributed by atoms with Gasteiger partial charge in [-0.05, 0) is 8.73 Å². The molecular formula is C6H10NO6P. The fourth-order valence-corrected chi connectivity index (χ4v) is 1.35. The Hall–Kier alpha value is -1.20. The fraction of sp³-hybridized carbons (Fsp3) is 0.500. The topological polar surface area (TPSA) is 124 Å². The van der Waals surface area contributed by atoms with Gasteiger partial charge in [-0.25, -0.2) is 0 Å². The predicted octanol–water partition coefficient (Wildman–Crippen LogP) is -0.818. The monoisotopic (exact) mass is 223 g/mol. The van der Waals surface area contributed by atoms with Crippen LogP contribution in [0.5, 0.6) is 0 Å². The molecule has 0 aromatic carbocycles. The van der Waals surface area contributed by atoms with Gasteiger partial charge in [0, 0.05) is 0 Å². The van der Waals surface area contributed by atoms with Crippen molar-refractivity contribution >= 4 is 26.6 Å². The Morgan fingerprint density at radius 3 is 2.07 bits per heavy atom. The minimum absolute atomic E-state index is 0.219. The molecule has 0 aromatic heterocycles. The fourth-order valence-electron chi connectivity index (χ4n) is 0.625. The van der Waals surface area contributed by atoms with E-state index in [1.54, 1.807) is 0 Å². The Morgan fingerprint density at radius 1 is 1.14 bits per heavy atom. The second-order valence-electron chi connectivity index (χ2n) is 2.38. The van der Waals surface area contributed by atoms with Crippen LogP contribution in [0.2, 0.25) is 0 Å². The molecule has 0 aliphatic rings. The Kier molecular flexibility index (Phi) is 5.74. The minimum atomic E-state index is -1.30. The SMILES string of the molecule is O=C(O)CPNC(CC(=O)O)C(=O)O. The molecule has 2 unspecified atom stereocenters. The van der Waals surface area contributed by atoms with Crippen molar-refractivity contribution in [2.75, 3.05) is 6.16 Å². The van der Waals surface area contributed by atoms with Crippen molar-refractivity contribution < 1.29 is 29.7 Å². The lowest BCUT2D eigenvalue weighted by Gasteiger charge is -2.10. The number of hydrogen-bond acceptors (Lipinski definition) is 4. The van der Waals surface area contributed by atoms with Crippen molar-refractivity contribution in [3.05, 3.63) is 0 Å². The van der Waals surface area contributed by atoms with E-state index in [9.17, 15) is 14.4 Å². The first-order valence-electron chi connectivity index (χ1n) is 3.58. The Morgan fingerprint density at radius 2 is 1.71 bits per heavy atom. The second kappa shape index (κ2) is 6.28. The molecule has 0 aliphatic carbocycles. The van der Waals surface area contributed by atoms with Gasteiger partial charge in [-0.2, -0.15) is 0 Å². The maximum absolute atomic E-state index is 10.4. The maximum Gasteiger partial charge on any atom is 0.321 e. The molecule has 0 radical (unpaired) electrons. The summed E-state index contributed by atoms with van der Waals surface area (Å²) in [5.41, 5.74) is 0. The Labute approximate surface area is 81.0 Å². The van der Waals surface area contributed by atoms with E-state index in [2.05, 4.69) is 5.09 Å². The van der Waals surface area contributed by atoms with Gasteiger partial charge >= 0.3 is 17.9 Å². The quantitative estimate of drug-likeness (QED) is 0.415. The number of hydrogen-bond donors (Lipinski definition) is 4. The van der Waals surface area contributed by atoms with E-state index >= 15 is 0 Å². The molecule has 0 heterocycles. The lowest BCUT2D eigenvalue weighted by molar-refractivity contribution is -0.145. The molecule has 0 amide bonds. The van der Waals surface area contributed by atoms with Crippen LogP contribution in [0.15, 0.2) is 0 Å². The van der Waals surface area contributed by atoms with Crippen LogP contribution in [-0.2, 0) is 14.4 Å². The van der Waals surface area contributed by atoms with Gasteiger partial charge in [-0.15, -0.1) is 0 Å². The lowest BCUT2D eigenvalue weighted by atomic mass is 10.2. The van der Waals surface area contributed by atoms with Gasteiger partial charge in [0.2, 0.25) is 0 Å². The van der Waals surface area contributed by atoms with Crippen LogP contribution < -0.4 is 5.09 Å². The highest BCUT2D eigenvalue weighted by Gasteiger charge is 2.20. The van der Waals surface area contributed by atoms with E-state index in [0.717, 1.165) is 0 Å². The van der Waals surface area contributed by atoms with Crippen molar-refractivity contribution in [2.24, 2.45) is 0 Å². The zero-order valence-electron chi connectivity index (χ0n) is 7.06. The van der Waals surface area contributed by atoms with Crippen molar-refractivity contribution in [3.63, 3.8) is 0 Å². The summed E-state index contributed by atoms with van der Waals surface area (Å²) in [4.78, 5) is 30.7. The summed E-state index contributed by atoms with van der Waals surface area (Å²) in [5.74, 6) is -3.61. The van der Waals surface area contributed by atoms with Gasteiger partial charge in [0.1, 0.15) is 6.04 Å². The zero-order valence-corrected chi connectivity index (χ0v) is 8.06. The molecule has 0 spiro atoms. The molecule has 7 nitrogen and oxygen atoms in total. The number of carboxylic acid groups (broad SMARTS) is 3. The van der Waals surface area contributed by atoms with E-state index in [-0.39, 0.29) is 14.9 Å². The summed E-state index contributed by atoms with van der Waals surface area (Å²) in [5, 5.41) is 27.4. The van der Waals surface area contributed by atoms with Gasteiger partial charge in [0.25, 0.3) is 0 Å². The molecule has 0 saturated heterocycles. The highest BCUT2D eigenvalue weighted by Crippen LogP contribution is 2.06. The number of aliphatic carboxylic acids is 3. The Balaban J connectivity index is 3.91. The van der Waals surface area contributed by atoms with Crippen molar-refractivity contribution in [2.45, 2.75) is 12.5 Å². The number of rotatable bonds is 7. The third-order valence-electron chi connectivity index (χ3n) is 1.19. The third kappa shape index (κ3) is 6.33. The second-order valence-corrected chi connectivity index (χ2v) is 3.38. The summed E-state index contributed by atoms with van der Waals surface area (Å²) >= 11 is 0. The van der Waals surface area contributed by atoms with E-state index in [4.69, 9.17) is 15.3 Å². The van der Waals surface area contributed by atoms with Gasteiger partial charge in [-0.1, -0.05) is 0 Å². The summed E-state index contributed by atoms with van der Waals surface area (Å²) in [7, 11) is -0.309. The molecule has 14 heavy (non-hydrogen) atoms. The van der Waals surface area contributed by atoms with Crippen LogP contribution in [0.1, 0.15) is 6.42 Å². The van der Waals surface area contributed by atoms with Crippen molar-refractivity contribution in [1.29, 1.82) is 0 Å². The molecular weight excluding hydrogens is 213 g/mol. The van der Waals surface area contributed by atoms with Crippen molar-refractivity contribution in [3.8, 4) is 0 Å². The largest absolute Gasteiger partial charge is 0.481 e. The average molecular weight is 223 g/mol. The number of carboxylic acids is 3. The smallest absolute Gasteiger partial charge is 0.321 e. The van der Waals surface area contributed by atoms with Crippen LogP contribution in [0.3, 0.4) is 0 Å². The highest BCUT2D eigenvalue weighted by molar-refractivity contribution is 7.36. The molecule has 0 aliphatic heterocycles. The third-order valence-corrected chi connectivity index (χ3v) is 2.22. The first-order valence-corrected chi connectivity index (χ1v) is 4.79. The van der Waals surface area contributed by atoms with Crippen molar-refractivity contribution in [1.82, 2.24) is 5.09 Å². The van der Waals surface area contributed by atoms with E-state index < -0.39 is 30.4 Å². The van der Waals surface area contributed by atoms with Gasteiger partial charge in [0.05, 0.1) is 12.6 Å². The van der Waals surface area contributed by atoms with Crippen LogP contribution >= 0.6 is 8.73 Å². The van der Waals surface area contributed by atoms with Gasteiger partial charge in [-0.3, -0.25) is 19.5 Å².